The van der Waals surface area contributed by atoms with Gasteiger partial charge in [0.2, 0.25) is 12.7 Å². The molecule has 1 heterocycles. The van der Waals surface area contributed by atoms with Crippen molar-refractivity contribution in [3.63, 3.8) is 0 Å². The number of benzene rings is 1. The van der Waals surface area contributed by atoms with Gasteiger partial charge in [-0.05, 0) is 19.1 Å². The van der Waals surface area contributed by atoms with E-state index >= 15 is 0 Å². The molecule has 0 saturated carbocycles. The molecule has 0 bridgehead atoms. The maximum atomic E-state index is 11.8. The molecular formula is C12H14N4O4. The number of carbonyl (C=O) groups is 2. The van der Waals surface area contributed by atoms with Crippen LogP contribution < -0.4 is 25.9 Å². The van der Waals surface area contributed by atoms with Crippen LogP contribution in [0, 0.1) is 0 Å². The summed E-state index contributed by atoms with van der Waals surface area (Å²) in [4.78, 5) is 22.2. The number of rotatable bonds is 4. The van der Waals surface area contributed by atoms with Crippen LogP contribution in [0.1, 0.15) is 13.3 Å². The van der Waals surface area contributed by atoms with Crippen LogP contribution in [0.15, 0.2) is 23.3 Å². The Labute approximate surface area is 114 Å². The van der Waals surface area contributed by atoms with E-state index in [2.05, 4.69) is 15.8 Å². The number of anilines is 1. The first kappa shape index (κ1) is 13.7. The highest BCUT2D eigenvalue weighted by Gasteiger charge is 2.14. The Morgan fingerprint density at radius 2 is 2.10 bits per heavy atom. The normalized spacial score (nSPS) is 12.9. The van der Waals surface area contributed by atoms with Gasteiger partial charge in [0.05, 0.1) is 6.42 Å². The lowest BCUT2D eigenvalue weighted by molar-refractivity contribution is -0.115. The summed E-state index contributed by atoms with van der Waals surface area (Å²) in [6, 6.07) is 4.32. The number of fused-ring (bicyclic) bond motifs is 1. The second-order valence-corrected chi connectivity index (χ2v) is 4.12. The van der Waals surface area contributed by atoms with E-state index in [1.165, 1.54) is 0 Å². The molecule has 0 fully saturated rings. The molecule has 0 saturated heterocycles. The number of hydrogen-bond donors (Lipinski definition) is 3. The zero-order chi connectivity index (χ0) is 14.5. The zero-order valence-corrected chi connectivity index (χ0v) is 10.8. The first-order valence-electron chi connectivity index (χ1n) is 5.82. The van der Waals surface area contributed by atoms with Crippen molar-refractivity contribution < 1.29 is 19.1 Å². The van der Waals surface area contributed by atoms with Crippen molar-refractivity contribution in [1.82, 2.24) is 5.43 Å². The number of hydrogen-bond acceptors (Lipinski definition) is 5. The Morgan fingerprint density at radius 1 is 1.35 bits per heavy atom. The van der Waals surface area contributed by atoms with Gasteiger partial charge in [0.15, 0.2) is 11.5 Å². The molecule has 1 aliphatic heterocycles. The number of nitrogens with zero attached hydrogens (tertiary/aromatic N) is 1. The minimum Gasteiger partial charge on any atom is -0.454 e. The summed E-state index contributed by atoms with van der Waals surface area (Å²) >= 11 is 0. The van der Waals surface area contributed by atoms with E-state index in [-0.39, 0.29) is 19.1 Å². The SMILES string of the molecule is C/C(CC(=O)Nc1ccc2c(c1)OCO2)=N/NC(N)=O. The summed E-state index contributed by atoms with van der Waals surface area (Å²) in [5.74, 6) is 0.964. The van der Waals surface area contributed by atoms with Crippen molar-refractivity contribution >= 4 is 23.3 Å². The molecular weight excluding hydrogens is 264 g/mol. The molecule has 4 N–H and O–H groups in total. The van der Waals surface area contributed by atoms with Gasteiger partial charge in [0, 0.05) is 17.5 Å². The lowest BCUT2D eigenvalue weighted by Gasteiger charge is -2.06. The highest BCUT2D eigenvalue weighted by Crippen LogP contribution is 2.34. The second kappa shape index (κ2) is 5.91. The Hall–Kier alpha value is -2.77. The van der Waals surface area contributed by atoms with Crippen LogP contribution in [0.2, 0.25) is 0 Å². The van der Waals surface area contributed by atoms with Crippen molar-refractivity contribution in [2.24, 2.45) is 10.8 Å². The quantitative estimate of drug-likeness (QED) is 0.557. The molecule has 0 unspecified atom stereocenters. The molecule has 0 aromatic heterocycles. The highest BCUT2D eigenvalue weighted by molar-refractivity contribution is 6.05. The van der Waals surface area contributed by atoms with Gasteiger partial charge in [-0.25, -0.2) is 10.2 Å². The van der Waals surface area contributed by atoms with Gasteiger partial charge < -0.3 is 20.5 Å². The van der Waals surface area contributed by atoms with E-state index in [0.717, 1.165) is 0 Å². The van der Waals surface area contributed by atoms with Crippen LogP contribution in [0.25, 0.3) is 0 Å². The van der Waals surface area contributed by atoms with Crippen molar-refractivity contribution in [2.45, 2.75) is 13.3 Å². The smallest absolute Gasteiger partial charge is 0.332 e. The van der Waals surface area contributed by atoms with E-state index in [1.54, 1.807) is 25.1 Å². The summed E-state index contributed by atoms with van der Waals surface area (Å²) in [5, 5.41) is 6.34. The average molecular weight is 278 g/mol. The summed E-state index contributed by atoms with van der Waals surface area (Å²) < 4.78 is 10.4. The van der Waals surface area contributed by atoms with Crippen LogP contribution in [0.5, 0.6) is 11.5 Å². The van der Waals surface area contributed by atoms with Gasteiger partial charge in [-0.3, -0.25) is 4.79 Å². The fourth-order valence-electron chi connectivity index (χ4n) is 1.60. The monoisotopic (exact) mass is 278 g/mol. The number of urea groups is 1. The maximum absolute atomic E-state index is 11.8. The molecule has 0 aliphatic carbocycles. The van der Waals surface area contributed by atoms with Crippen LogP contribution in [0.4, 0.5) is 10.5 Å². The molecule has 0 spiro atoms. The third-order valence-electron chi connectivity index (χ3n) is 2.43. The van der Waals surface area contributed by atoms with Gasteiger partial charge in [-0.15, -0.1) is 0 Å². The van der Waals surface area contributed by atoms with E-state index in [9.17, 15) is 9.59 Å². The number of hydrazone groups is 1. The minimum absolute atomic E-state index is 0.0364. The third-order valence-corrected chi connectivity index (χ3v) is 2.43. The van der Waals surface area contributed by atoms with Crippen molar-refractivity contribution in [1.29, 1.82) is 0 Å². The Bertz CT molecular complexity index is 571. The average Bonchev–Trinajstić information content (AvgIpc) is 2.83. The third kappa shape index (κ3) is 3.61. The van der Waals surface area contributed by atoms with Gasteiger partial charge in [0.25, 0.3) is 0 Å². The number of nitrogens with two attached hydrogens (primary N) is 1. The largest absolute Gasteiger partial charge is 0.454 e. The summed E-state index contributed by atoms with van der Waals surface area (Å²) in [5.41, 5.74) is 7.95. The highest BCUT2D eigenvalue weighted by atomic mass is 16.7. The van der Waals surface area contributed by atoms with Crippen LogP contribution >= 0.6 is 0 Å². The lowest BCUT2D eigenvalue weighted by Crippen LogP contribution is -2.26. The van der Waals surface area contributed by atoms with Gasteiger partial charge in [-0.1, -0.05) is 0 Å². The molecule has 1 aromatic rings. The summed E-state index contributed by atoms with van der Waals surface area (Å²) in [7, 11) is 0. The number of carbonyl (C=O) groups excluding carboxylic acids is 2. The maximum Gasteiger partial charge on any atom is 0.332 e. The number of ether oxygens (including phenoxy) is 2. The predicted molar refractivity (Wildman–Crippen MR) is 71.6 cm³/mol. The molecule has 1 aliphatic rings. The molecule has 2 rings (SSSR count). The van der Waals surface area contributed by atoms with Gasteiger partial charge in [-0.2, -0.15) is 5.10 Å². The van der Waals surface area contributed by atoms with E-state index in [1.807, 2.05) is 0 Å². The molecule has 0 atom stereocenters. The van der Waals surface area contributed by atoms with Crippen molar-refractivity contribution in [2.75, 3.05) is 12.1 Å². The number of amides is 3. The minimum atomic E-state index is -0.777. The van der Waals surface area contributed by atoms with Gasteiger partial charge in [0.1, 0.15) is 0 Å². The molecule has 20 heavy (non-hydrogen) atoms. The Kier molecular flexibility index (Phi) is 4.04. The first-order valence-corrected chi connectivity index (χ1v) is 5.82. The van der Waals surface area contributed by atoms with E-state index < -0.39 is 6.03 Å². The molecule has 8 nitrogen and oxygen atoms in total. The van der Waals surface area contributed by atoms with Crippen LogP contribution in [-0.4, -0.2) is 24.4 Å². The zero-order valence-electron chi connectivity index (χ0n) is 10.8. The summed E-state index contributed by atoms with van der Waals surface area (Å²) in [6.07, 6.45) is 0.0364. The number of primary amides is 1. The Balaban J connectivity index is 1.91. The Morgan fingerprint density at radius 3 is 2.85 bits per heavy atom. The lowest BCUT2D eigenvalue weighted by atomic mass is 10.2. The number of nitrogens with one attached hydrogen (secondary N) is 2. The second-order valence-electron chi connectivity index (χ2n) is 4.12. The fourth-order valence-corrected chi connectivity index (χ4v) is 1.60. The first-order chi connectivity index (χ1) is 9.54. The molecule has 106 valence electrons. The van der Waals surface area contributed by atoms with E-state index in [4.69, 9.17) is 15.2 Å². The van der Waals surface area contributed by atoms with Crippen molar-refractivity contribution in [3.8, 4) is 11.5 Å². The predicted octanol–water partition coefficient (Wildman–Crippen LogP) is 0.788. The summed E-state index contributed by atoms with van der Waals surface area (Å²) in [6.45, 7) is 1.78. The standard InChI is InChI=1S/C12H14N4O4/c1-7(15-16-12(13)18)4-11(17)14-8-2-3-9-10(5-8)20-6-19-9/h2-3,5H,4,6H2,1H3,(H,14,17)(H3,13,16,18)/b15-7-. The topological polar surface area (TPSA) is 115 Å². The van der Waals surface area contributed by atoms with Crippen molar-refractivity contribution in [3.05, 3.63) is 18.2 Å². The molecule has 1 aromatic carbocycles. The van der Waals surface area contributed by atoms with Crippen LogP contribution in [-0.2, 0) is 4.79 Å². The van der Waals surface area contributed by atoms with Crippen LogP contribution in [0.3, 0.4) is 0 Å². The fraction of sp³-hybridized carbons (Fsp3) is 0.250. The molecule has 0 radical (unpaired) electrons. The van der Waals surface area contributed by atoms with Gasteiger partial charge >= 0.3 is 6.03 Å². The molecule has 3 amide bonds. The molecule has 8 heteroatoms. The van der Waals surface area contributed by atoms with E-state index in [0.29, 0.717) is 22.9 Å².